The van der Waals surface area contributed by atoms with Gasteiger partial charge in [-0.3, -0.25) is 9.59 Å². The summed E-state index contributed by atoms with van der Waals surface area (Å²) >= 11 is 7.23. The molecule has 0 radical (unpaired) electrons. The normalized spacial score (nSPS) is 11.7. The SMILES string of the molecule is Cc1cc(NC(=O)c2ccccc2Cl)sc1C(=O)N[C@@H](C)c1cccc(F)c1. The summed E-state index contributed by atoms with van der Waals surface area (Å²) in [4.78, 5) is 25.5. The molecule has 0 bridgehead atoms. The van der Waals surface area contributed by atoms with Crippen molar-refractivity contribution in [2.75, 3.05) is 5.32 Å². The summed E-state index contributed by atoms with van der Waals surface area (Å²) < 4.78 is 13.4. The fourth-order valence-corrected chi connectivity index (χ4v) is 3.91. The van der Waals surface area contributed by atoms with Crippen LogP contribution in [-0.2, 0) is 0 Å². The number of rotatable bonds is 5. The summed E-state index contributed by atoms with van der Waals surface area (Å²) in [6.45, 7) is 3.58. The molecule has 4 nitrogen and oxygen atoms in total. The van der Waals surface area contributed by atoms with Gasteiger partial charge >= 0.3 is 0 Å². The standard InChI is InChI=1S/C21H18ClFN2O2S/c1-12-10-18(25-20(26)16-8-3-4-9-17(16)22)28-19(12)21(27)24-13(2)14-6-5-7-15(23)11-14/h3-11,13H,1-2H3,(H,24,27)(H,25,26)/t13-/m0/s1. The first-order valence-corrected chi connectivity index (χ1v) is 9.77. The van der Waals surface area contributed by atoms with Gasteiger partial charge in [0.25, 0.3) is 11.8 Å². The first kappa shape index (κ1) is 20.0. The van der Waals surface area contributed by atoms with Crippen LogP contribution in [0.25, 0.3) is 0 Å². The second-order valence-corrected chi connectivity index (χ2v) is 7.77. The predicted molar refractivity (Wildman–Crippen MR) is 111 cm³/mol. The van der Waals surface area contributed by atoms with Crippen LogP contribution in [0.1, 0.15) is 44.1 Å². The van der Waals surface area contributed by atoms with Crippen LogP contribution in [0.3, 0.4) is 0 Å². The third kappa shape index (κ3) is 4.58. The number of carbonyl (C=O) groups is 2. The number of aryl methyl sites for hydroxylation is 1. The van der Waals surface area contributed by atoms with E-state index in [0.29, 0.717) is 26.0 Å². The topological polar surface area (TPSA) is 58.2 Å². The Labute approximate surface area is 171 Å². The quantitative estimate of drug-likeness (QED) is 0.569. The second kappa shape index (κ2) is 8.54. The van der Waals surface area contributed by atoms with Crippen molar-refractivity contribution >= 4 is 39.8 Å². The monoisotopic (exact) mass is 416 g/mol. The molecule has 144 valence electrons. The Morgan fingerprint density at radius 3 is 2.54 bits per heavy atom. The molecule has 1 heterocycles. The van der Waals surface area contributed by atoms with Crippen LogP contribution in [0, 0.1) is 12.7 Å². The molecule has 1 atom stereocenters. The van der Waals surface area contributed by atoms with Gasteiger partial charge in [0, 0.05) is 0 Å². The highest BCUT2D eigenvalue weighted by molar-refractivity contribution is 7.18. The minimum atomic E-state index is -0.356. The van der Waals surface area contributed by atoms with E-state index >= 15 is 0 Å². The lowest BCUT2D eigenvalue weighted by molar-refractivity contribution is 0.0942. The van der Waals surface area contributed by atoms with E-state index < -0.39 is 0 Å². The van der Waals surface area contributed by atoms with Crippen LogP contribution in [0.5, 0.6) is 0 Å². The first-order valence-electron chi connectivity index (χ1n) is 8.58. The van der Waals surface area contributed by atoms with Crippen molar-refractivity contribution in [3.8, 4) is 0 Å². The molecule has 2 amide bonds. The highest BCUT2D eigenvalue weighted by Gasteiger charge is 2.18. The van der Waals surface area contributed by atoms with Crippen LogP contribution in [0.4, 0.5) is 9.39 Å². The molecule has 0 aliphatic rings. The Bertz CT molecular complexity index is 1030. The Balaban J connectivity index is 1.72. The molecular formula is C21H18ClFN2O2S. The van der Waals surface area contributed by atoms with Gasteiger partial charge in [0.2, 0.25) is 0 Å². The van der Waals surface area contributed by atoms with E-state index in [1.165, 1.54) is 23.5 Å². The molecule has 0 saturated heterocycles. The van der Waals surface area contributed by atoms with Crippen molar-refractivity contribution in [3.05, 3.63) is 87.0 Å². The minimum Gasteiger partial charge on any atom is -0.345 e. The molecule has 3 aromatic rings. The molecule has 0 fully saturated rings. The lowest BCUT2D eigenvalue weighted by Crippen LogP contribution is -2.26. The lowest BCUT2D eigenvalue weighted by Gasteiger charge is -2.14. The van der Waals surface area contributed by atoms with E-state index in [1.807, 2.05) is 0 Å². The molecule has 2 aromatic carbocycles. The smallest absolute Gasteiger partial charge is 0.262 e. The molecule has 2 N–H and O–H groups in total. The van der Waals surface area contributed by atoms with E-state index in [2.05, 4.69) is 10.6 Å². The Morgan fingerprint density at radius 1 is 1.07 bits per heavy atom. The molecular weight excluding hydrogens is 399 g/mol. The summed E-state index contributed by atoms with van der Waals surface area (Å²) in [6.07, 6.45) is 0. The molecule has 0 saturated carbocycles. The van der Waals surface area contributed by atoms with Crippen LogP contribution in [0.2, 0.25) is 5.02 Å². The highest BCUT2D eigenvalue weighted by atomic mass is 35.5. The number of thiophene rings is 1. The third-order valence-electron chi connectivity index (χ3n) is 4.18. The lowest BCUT2D eigenvalue weighted by atomic mass is 10.1. The maximum Gasteiger partial charge on any atom is 0.262 e. The van der Waals surface area contributed by atoms with Gasteiger partial charge in [-0.1, -0.05) is 35.9 Å². The fraction of sp³-hybridized carbons (Fsp3) is 0.143. The molecule has 28 heavy (non-hydrogen) atoms. The average molecular weight is 417 g/mol. The second-order valence-electron chi connectivity index (χ2n) is 6.31. The van der Waals surface area contributed by atoms with Crippen molar-refractivity contribution in [2.24, 2.45) is 0 Å². The van der Waals surface area contributed by atoms with Gasteiger partial charge in [0.15, 0.2) is 0 Å². The molecule has 0 spiro atoms. The molecule has 1 aromatic heterocycles. The number of nitrogens with one attached hydrogen (secondary N) is 2. The Kier molecular flexibility index (Phi) is 6.11. The van der Waals surface area contributed by atoms with Gasteiger partial charge in [-0.15, -0.1) is 11.3 Å². The van der Waals surface area contributed by atoms with Crippen LogP contribution in [-0.4, -0.2) is 11.8 Å². The Morgan fingerprint density at radius 2 is 1.82 bits per heavy atom. The zero-order chi connectivity index (χ0) is 20.3. The van der Waals surface area contributed by atoms with Crippen LogP contribution < -0.4 is 10.6 Å². The van der Waals surface area contributed by atoms with Crippen LogP contribution >= 0.6 is 22.9 Å². The fourth-order valence-electron chi connectivity index (χ4n) is 2.72. The van der Waals surface area contributed by atoms with Crippen molar-refractivity contribution in [1.29, 1.82) is 0 Å². The Hall–Kier alpha value is -2.70. The number of hydrogen-bond acceptors (Lipinski definition) is 3. The van der Waals surface area contributed by atoms with Gasteiger partial charge in [0.1, 0.15) is 5.82 Å². The first-order chi connectivity index (χ1) is 13.3. The van der Waals surface area contributed by atoms with Gasteiger partial charge in [-0.05, 0) is 55.3 Å². The van der Waals surface area contributed by atoms with Gasteiger partial charge < -0.3 is 10.6 Å². The average Bonchev–Trinajstić information content (AvgIpc) is 3.02. The van der Waals surface area contributed by atoms with Crippen molar-refractivity contribution in [2.45, 2.75) is 19.9 Å². The largest absolute Gasteiger partial charge is 0.345 e. The molecule has 0 aliphatic carbocycles. The number of carbonyl (C=O) groups excluding carboxylic acids is 2. The maximum absolute atomic E-state index is 13.4. The summed E-state index contributed by atoms with van der Waals surface area (Å²) in [7, 11) is 0. The zero-order valence-electron chi connectivity index (χ0n) is 15.3. The van der Waals surface area contributed by atoms with Crippen LogP contribution in [0.15, 0.2) is 54.6 Å². The summed E-state index contributed by atoms with van der Waals surface area (Å²) in [5, 5.41) is 6.54. The third-order valence-corrected chi connectivity index (χ3v) is 5.66. The number of hydrogen-bond donors (Lipinski definition) is 2. The van der Waals surface area contributed by atoms with E-state index in [4.69, 9.17) is 11.6 Å². The number of benzene rings is 2. The van der Waals surface area contributed by atoms with E-state index in [-0.39, 0.29) is 23.7 Å². The summed E-state index contributed by atoms with van der Waals surface area (Å²) in [5.41, 5.74) is 1.78. The molecule has 7 heteroatoms. The number of amides is 2. The van der Waals surface area contributed by atoms with Crippen molar-refractivity contribution < 1.29 is 14.0 Å². The van der Waals surface area contributed by atoms with E-state index in [9.17, 15) is 14.0 Å². The maximum atomic E-state index is 13.4. The summed E-state index contributed by atoms with van der Waals surface area (Å²) in [5.74, 6) is -0.972. The molecule has 3 rings (SSSR count). The molecule has 0 aliphatic heterocycles. The summed E-state index contributed by atoms with van der Waals surface area (Å²) in [6, 6.07) is 14.2. The van der Waals surface area contributed by atoms with Gasteiger partial charge in [0.05, 0.1) is 26.5 Å². The molecule has 0 unspecified atom stereocenters. The predicted octanol–water partition coefficient (Wildman–Crippen LogP) is 5.59. The van der Waals surface area contributed by atoms with Crippen molar-refractivity contribution in [1.82, 2.24) is 5.32 Å². The van der Waals surface area contributed by atoms with Gasteiger partial charge in [-0.25, -0.2) is 4.39 Å². The minimum absolute atomic E-state index is 0.280. The van der Waals surface area contributed by atoms with Crippen molar-refractivity contribution in [3.63, 3.8) is 0 Å². The number of halogens is 2. The van der Waals surface area contributed by atoms with Gasteiger partial charge in [-0.2, -0.15) is 0 Å². The van der Waals surface area contributed by atoms with E-state index in [1.54, 1.807) is 56.3 Å². The zero-order valence-corrected chi connectivity index (χ0v) is 16.8. The highest BCUT2D eigenvalue weighted by Crippen LogP contribution is 2.28. The number of anilines is 1. The van der Waals surface area contributed by atoms with E-state index in [0.717, 1.165) is 5.56 Å².